The Labute approximate surface area is 164 Å². The zero-order chi connectivity index (χ0) is 18.9. The number of likely N-dealkylation sites (tertiary alicyclic amines) is 1. The molecule has 1 heterocycles. The minimum absolute atomic E-state index is 0. The summed E-state index contributed by atoms with van der Waals surface area (Å²) in [6.45, 7) is 0.529. The lowest BCUT2D eigenvalue weighted by molar-refractivity contribution is -0.162. The van der Waals surface area contributed by atoms with Crippen LogP contribution in [-0.4, -0.2) is 48.1 Å². The molecule has 1 aliphatic heterocycles. The molecule has 3 N–H and O–H groups in total. The number of hydrogen-bond acceptors (Lipinski definition) is 3. The van der Waals surface area contributed by atoms with E-state index >= 15 is 0 Å². The molecular weight excluding hydrogens is 383 g/mol. The van der Waals surface area contributed by atoms with Crippen molar-refractivity contribution in [3.05, 3.63) is 0 Å². The predicted octanol–water partition coefficient (Wildman–Crippen LogP) is 2.62. The average molecular weight is 412 g/mol. The molecule has 0 aromatic heterocycles. The van der Waals surface area contributed by atoms with Crippen LogP contribution >= 0.6 is 12.4 Å². The number of nitrogens with one attached hydrogen (secondary N) is 1. The van der Waals surface area contributed by atoms with Crippen molar-refractivity contribution in [1.29, 1.82) is 0 Å². The third-order valence-electron chi connectivity index (χ3n) is 6.33. The molecule has 2 bridgehead atoms. The summed E-state index contributed by atoms with van der Waals surface area (Å²) in [4.78, 5) is 25.5. The number of alkyl halides is 3. The monoisotopic (exact) mass is 411 g/mol. The molecule has 0 aromatic carbocycles. The van der Waals surface area contributed by atoms with Crippen LogP contribution in [0.4, 0.5) is 13.2 Å². The minimum atomic E-state index is -4.47. The quantitative estimate of drug-likeness (QED) is 0.749. The molecule has 3 rings (SSSR count). The van der Waals surface area contributed by atoms with Gasteiger partial charge in [0.25, 0.3) is 0 Å². The van der Waals surface area contributed by atoms with E-state index in [2.05, 4.69) is 5.32 Å². The van der Waals surface area contributed by atoms with Gasteiger partial charge in [-0.3, -0.25) is 9.59 Å². The molecular formula is C18H29ClF3N3O2. The summed E-state index contributed by atoms with van der Waals surface area (Å²) in [5, 5.41) is 3.06. The number of nitrogens with two attached hydrogens (primary N) is 1. The van der Waals surface area contributed by atoms with E-state index < -0.39 is 18.5 Å². The highest BCUT2D eigenvalue weighted by Crippen LogP contribution is 2.42. The second kappa shape index (κ2) is 8.99. The summed E-state index contributed by atoms with van der Waals surface area (Å²) in [5.74, 6) is 0.0282. The molecule has 2 unspecified atom stereocenters. The van der Waals surface area contributed by atoms with E-state index in [-0.39, 0.29) is 49.4 Å². The zero-order valence-electron chi connectivity index (χ0n) is 15.3. The molecule has 0 radical (unpaired) electrons. The number of hydrogen-bond donors (Lipinski definition) is 2. The third kappa shape index (κ3) is 5.73. The Morgan fingerprint density at radius 2 is 1.59 bits per heavy atom. The van der Waals surface area contributed by atoms with E-state index in [0.29, 0.717) is 24.7 Å². The van der Waals surface area contributed by atoms with Gasteiger partial charge in [-0.2, -0.15) is 13.2 Å². The molecule has 0 spiro atoms. The second-order valence-corrected chi connectivity index (χ2v) is 8.15. The van der Waals surface area contributed by atoms with Crippen molar-refractivity contribution in [2.24, 2.45) is 23.5 Å². The summed E-state index contributed by atoms with van der Waals surface area (Å²) in [6.07, 6.45) is 0.211. The van der Waals surface area contributed by atoms with Crippen LogP contribution in [0.5, 0.6) is 0 Å². The molecule has 27 heavy (non-hydrogen) atoms. The molecule has 0 aromatic rings. The van der Waals surface area contributed by atoms with Gasteiger partial charge in [-0.25, -0.2) is 0 Å². The Morgan fingerprint density at radius 1 is 1.04 bits per heavy atom. The standard InChI is InChI=1S/C18H28F3N3O2.ClH/c19-18(20,21)10-15(25)24-6-4-14(5-7-24)23-17(26)13-8-11-2-1-3-12(9-13)16(11)22;/h11-14,16H,1-10,22H2,(H,23,26);1H. The van der Waals surface area contributed by atoms with E-state index in [9.17, 15) is 22.8 Å². The second-order valence-electron chi connectivity index (χ2n) is 8.15. The zero-order valence-corrected chi connectivity index (χ0v) is 16.2. The summed E-state index contributed by atoms with van der Waals surface area (Å²) in [7, 11) is 0. The van der Waals surface area contributed by atoms with Gasteiger partial charge in [0, 0.05) is 31.1 Å². The van der Waals surface area contributed by atoms with E-state index in [1.54, 1.807) is 0 Å². The van der Waals surface area contributed by atoms with E-state index in [1.807, 2.05) is 0 Å². The molecule has 1 saturated heterocycles. The number of halogens is 4. The molecule has 2 atom stereocenters. The highest BCUT2D eigenvalue weighted by atomic mass is 35.5. The number of fused-ring (bicyclic) bond motifs is 2. The Morgan fingerprint density at radius 3 is 2.11 bits per heavy atom. The Kier molecular flexibility index (Phi) is 7.41. The van der Waals surface area contributed by atoms with Crippen molar-refractivity contribution in [3.8, 4) is 0 Å². The van der Waals surface area contributed by atoms with Gasteiger partial charge in [0.2, 0.25) is 11.8 Å². The summed E-state index contributed by atoms with van der Waals surface area (Å²) in [5.41, 5.74) is 6.27. The fraction of sp³-hybridized carbons (Fsp3) is 0.889. The van der Waals surface area contributed by atoms with Gasteiger partial charge in [0.05, 0.1) is 0 Å². The topological polar surface area (TPSA) is 75.4 Å². The Balaban J connectivity index is 0.00000261. The molecule has 2 aliphatic carbocycles. The number of piperidine rings is 1. The molecule has 9 heteroatoms. The van der Waals surface area contributed by atoms with Crippen LogP contribution < -0.4 is 11.1 Å². The largest absolute Gasteiger partial charge is 0.397 e. The highest BCUT2D eigenvalue weighted by molar-refractivity contribution is 5.85. The maximum Gasteiger partial charge on any atom is 0.397 e. The minimum Gasteiger partial charge on any atom is -0.353 e. The summed E-state index contributed by atoms with van der Waals surface area (Å²) in [6, 6.07) is 0.156. The number of carbonyl (C=O) groups excluding carboxylic acids is 2. The van der Waals surface area contributed by atoms with Crippen LogP contribution in [0.2, 0.25) is 0 Å². The van der Waals surface area contributed by atoms with E-state index in [0.717, 1.165) is 25.7 Å². The van der Waals surface area contributed by atoms with Crippen molar-refractivity contribution in [2.75, 3.05) is 13.1 Å². The third-order valence-corrected chi connectivity index (χ3v) is 6.33. The molecule has 156 valence electrons. The Bertz CT molecular complexity index is 524. The highest BCUT2D eigenvalue weighted by Gasteiger charge is 2.41. The van der Waals surface area contributed by atoms with E-state index in [1.165, 1.54) is 11.3 Å². The molecule has 5 nitrogen and oxygen atoms in total. The number of amides is 2. The van der Waals surface area contributed by atoms with Gasteiger partial charge in [0.1, 0.15) is 6.42 Å². The summed E-state index contributed by atoms with van der Waals surface area (Å²) < 4.78 is 37.0. The summed E-state index contributed by atoms with van der Waals surface area (Å²) >= 11 is 0. The first-order chi connectivity index (χ1) is 12.2. The normalized spacial score (nSPS) is 31.8. The van der Waals surface area contributed by atoms with E-state index in [4.69, 9.17) is 5.73 Å². The molecule has 2 saturated carbocycles. The maximum atomic E-state index is 12.6. The van der Waals surface area contributed by atoms with Crippen LogP contribution in [0.15, 0.2) is 0 Å². The lowest BCUT2D eigenvalue weighted by Crippen LogP contribution is -2.52. The van der Waals surface area contributed by atoms with Gasteiger partial charge < -0.3 is 16.0 Å². The SMILES string of the molecule is Cl.NC1C2CCCC1CC(C(=O)NC1CCN(C(=O)CC(F)(F)F)CC1)C2. The van der Waals surface area contributed by atoms with Gasteiger partial charge in [-0.15, -0.1) is 12.4 Å². The predicted molar refractivity (Wildman–Crippen MR) is 97.2 cm³/mol. The van der Waals surface area contributed by atoms with Gasteiger partial charge in [-0.05, 0) is 50.4 Å². The maximum absolute atomic E-state index is 12.6. The van der Waals surface area contributed by atoms with Crippen LogP contribution in [-0.2, 0) is 9.59 Å². The molecule has 2 amide bonds. The fourth-order valence-electron chi connectivity index (χ4n) is 4.88. The number of rotatable bonds is 3. The van der Waals surface area contributed by atoms with Gasteiger partial charge in [0.15, 0.2) is 0 Å². The van der Waals surface area contributed by atoms with Crippen LogP contribution in [0.3, 0.4) is 0 Å². The van der Waals surface area contributed by atoms with Crippen molar-refractivity contribution in [3.63, 3.8) is 0 Å². The first-order valence-corrected chi connectivity index (χ1v) is 9.63. The first-order valence-electron chi connectivity index (χ1n) is 9.63. The van der Waals surface area contributed by atoms with Crippen LogP contribution in [0.25, 0.3) is 0 Å². The Hall–Kier alpha value is -1.02. The van der Waals surface area contributed by atoms with Gasteiger partial charge >= 0.3 is 6.18 Å². The lowest BCUT2D eigenvalue weighted by Gasteiger charge is -2.44. The molecule has 3 fully saturated rings. The van der Waals surface area contributed by atoms with Crippen molar-refractivity contribution in [1.82, 2.24) is 10.2 Å². The lowest BCUT2D eigenvalue weighted by atomic mass is 9.65. The first kappa shape index (κ1) is 22.3. The fourth-order valence-corrected chi connectivity index (χ4v) is 4.88. The smallest absolute Gasteiger partial charge is 0.353 e. The number of carbonyl (C=O) groups is 2. The van der Waals surface area contributed by atoms with Crippen molar-refractivity contribution >= 4 is 24.2 Å². The average Bonchev–Trinajstić information content (AvgIpc) is 2.53. The molecule has 3 aliphatic rings. The van der Waals surface area contributed by atoms with Gasteiger partial charge in [-0.1, -0.05) is 6.42 Å². The van der Waals surface area contributed by atoms with Crippen molar-refractivity contribution in [2.45, 2.75) is 69.6 Å². The number of nitrogens with zero attached hydrogens (tertiary/aromatic N) is 1. The van der Waals surface area contributed by atoms with Crippen LogP contribution in [0, 0.1) is 17.8 Å². The van der Waals surface area contributed by atoms with Crippen molar-refractivity contribution < 1.29 is 22.8 Å². The van der Waals surface area contributed by atoms with Crippen LogP contribution in [0.1, 0.15) is 51.4 Å².